The molecule has 0 aliphatic carbocycles. The molecule has 0 aromatic heterocycles. The molecular weight excluding hydrogens is 343 g/mol. The Hall–Kier alpha value is -2.97. The number of benzene rings is 2. The van der Waals surface area contributed by atoms with Crippen molar-refractivity contribution in [2.75, 3.05) is 0 Å². The summed E-state index contributed by atoms with van der Waals surface area (Å²) < 4.78 is 19.0. The minimum absolute atomic E-state index is 0.0547. The number of carbonyl (C=O) groups is 2. The SMILES string of the molecule is N[C@@H](Cc1ccc(OC(=O)[C@@H](N)Cc2ccc(O)cc2)c(F)c1)C(=O)O. The zero-order valence-electron chi connectivity index (χ0n) is 13.8. The number of phenolic OH excluding ortho intramolecular Hbond substituents is 1. The lowest BCUT2D eigenvalue weighted by Gasteiger charge is -2.13. The van der Waals surface area contributed by atoms with Gasteiger partial charge in [-0.05, 0) is 48.2 Å². The molecule has 0 aliphatic rings. The van der Waals surface area contributed by atoms with E-state index < -0.39 is 29.8 Å². The summed E-state index contributed by atoms with van der Waals surface area (Å²) in [7, 11) is 0. The largest absolute Gasteiger partial charge is 0.508 e. The summed E-state index contributed by atoms with van der Waals surface area (Å²) in [5.41, 5.74) is 12.3. The van der Waals surface area contributed by atoms with E-state index in [1.807, 2.05) is 0 Å². The first kappa shape index (κ1) is 19.4. The van der Waals surface area contributed by atoms with E-state index in [0.717, 1.165) is 6.07 Å². The number of nitrogens with two attached hydrogens (primary N) is 2. The van der Waals surface area contributed by atoms with E-state index in [0.29, 0.717) is 11.1 Å². The molecule has 8 heteroatoms. The van der Waals surface area contributed by atoms with E-state index in [9.17, 15) is 19.1 Å². The number of carboxylic acids is 1. The molecule has 0 saturated heterocycles. The van der Waals surface area contributed by atoms with Gasteiger partial charge in [0.25, 0.3) is 0 Å². The Labute approximate surface area is 149 Å². The molecule has 26 heavy (non-hydrogen) atoms. The first-order valence-electron chi connectivity index (χ1n) is 7.78. The van der Waals surface area contributed by atoms with Gasteiger partial charge in [0.2, 0.25) is 0 Å². The Kier molecular flexibility index (Phi) is 6.26. The highest BCUT2D eigenvalue weighted by molar-refractivity contribution is 5.78. The van der Waals surface area contributed by atoms with E-state index in [4.69, 9.17) is 21.3 Å². The Bertz CT molecular complexity index is 795. The molecule has 0 saturated carbocycles. The summed E-state index contributed by atoms with van der Waals surface area (Å²) in [6, 6.07) is 7.72. The lowest BCUT2D eigenvalue weighted by Crippen LogP contribution is -2.36. The van der Waals surface area contributed by atoms with Crippen LogP contribution in [0.5, 0.6) is 11.5 Å². The van der Waals surface area contributed by atoms with Crippen LogP contribution in [0.4, 0.5) is 4.39 Å². The predicted molar refractivity (Wildman–Crippen MR) is 91.1 cm³/mol. The number of halogens is 1. The predicted octanol–water partition coefficient (Wildman–Crippen LogP) is 0.961. The van der Waals surface area contributed by atoms with Crippen molar-refractivity contribution < 1.29 is 28.9 Å². The normalized spacial score (nSPS) is 13.0. The molecule has 0 bridgehead atoms. The Morgan fingerprint density at radius 1 is 1.00 bits per heavy atom. The smallest absolute Gasteiger partial charge is 0.328 e. The molecule has 0 unspecified atom stereocenters. The molecule has 0 aliphatic heterocycles. The molecule has 0 spiro atoms. The van der Waals surface area contributed by atoms with Crippen LogP contribution < -0.4 is 16.2 Å². The highest BCUT2D eigenvalue weighted by Gasteiger charge is 2.19. The van der Waals surface area contributed by atoms with Gasteiger partial charge in [0.1, 0.15) is 17.8 Å². The minimum atomic E-state index is -1.19. The van der Waals surface area contributed by atoms with Gasteiger partial charge in [0.15, 0.2) is 11.6 Å². The lowest BCUT2D eigenvalue weighted by atomic mass is 10.1. The third-order valence-electron chi connectivity index (χ3n) is 3.67. The fraction of sp³-hybridized carbons (Fsp3) is 0.222. The molecule has 2 aromatic carbocycles. The maximum absolute atomic E-state index is 14.1. The van der Waals surface area contributed by atoms with Crippen molar-refractivity contribution in [1.82, 2.24) is 0 Å². The highest BCUT2D eigenvalue weighted by Crippen LogP contribution is 2.20. The topological polar surface area (TPSA) is 136 Å². The number of carbonyl (C=O) groups excluding carboxylic acids is 1. The van der Waals surface area contributed by atoms with Crippen LogP contribution in [-0.2, 0) is 22.4 Å². The van der Waals surface area contributed by atoms with Crippen molar-refractivity contribution >= 4 is 11.9 Å². The molecule has 2 atom stereocenters. The summed E-state index contributed by atoms with van der Waals surface area (Å²) in [5, 5.41) is 18.0. The van der Waals surface area contributed by atoms with Crippen LogP contribution in [0.15, 0.2) is 42.5 Å². The van der Waals surface area contributed by atoms with Gasteiger partial charge in [-0.2, -0.15) is 0 Å². The van der Waals surface area contributed by atoms with Gasteiger partial charge in [-0.15, -0.1) is 0 Å². The number of aromatic hydroxyl groups is 1. The zero-order valence-corrected chi connectivity index (χ0v) is 13.8. The number of aliphatic carboxylic acids is 1. The number of carboxylic acid groups (broad SMARTS) is 1. The van der Waals surface area contributed by atoms with Crippen molar-refractivity contribution in [2.45, 2.75) is 24.9 Å². The number of hydrogen-bond donors (Lipinski definition) is 4. The van der Waals surface area contributed by atoms with E-state index in [2.05, 4.69) is 0 Å². The third-order valence-corrected chi connectivity index (χ3v) is 3.67. The molecule has 7 nitrogen and oxygen atoms in total. The fourth-order valence-corrected chi connectivity index (χ4v) is 2.25. The van der Waals surface area contributed by atoms with Gasteiger partial charge in [-0.1, -0.05) is 18.2 Å². The van der Waals surface area contributed by atoms with E-state index >= 15 is 0 Å². The van der Waals surface area contributed by atoms with Crippen LogP contribution in [-0.4, -0.2) is 34.2 Å². The van der Waals surface area contributed by atoms with Crippen molar-refractivity contribution in [3.05, 3.63) is 59.4 Å². The molecule has 138 valence electrons. The van der Waals surface area contributed by atoms with E-state index in [1.165, 1.54) is 24.3 Å². The first-order chi connectivity index (χ1) is 12.3. The van der Waals surface area contributed by atoms with Gasteiger partial charge in [-0.3, -0.25) is 4.79 Å². The van der Waals surface area contributed by atoms with Gasteiger partial charge in [-0.25, -0.2) is 9.18 Å². The van der Waals surface area contributed by atoms with Crippen molar-refractivity contribution in [1.29, 1.82) is 0 Å². The average Bonchev–Trinajstić information content (AvgIpc) is 2.59. The van der Waals surface area contributed by atoms with E-state index in [1.54, 1.807) is 12.1 Å². The zero-order chi connectivity index (χ0) is 19.3. The van der Waals surface area contributed by atoms with Gasteiger partial charge in [0, 0.05) is 0 Å². The van der Waals surface area contributed by atoms with E-state index in [-0.39, 0.29) is 24.3 Å². The Balaban J connectivity index is 1.99. The quantitative estimate of drug-likeness (QED) is 0.425. The maximum atomic E-state index is 14.1. The number of esters is 1. The second-order valence-electron chi connectivity index (χ2n) is 5.81. The van der Waals surface area contributed by atoms with Gasteiger partial charge in [0.05, 0.1) is 0 Å². The summed E-state index contributed by atoms with van der Waals surface area (Å²) in [4.78, 5) is 22.8. The van der Waals surface area contributed by atoms with Crippen molar-refractivity contribution in [2.24, 2.45) is 11.5 Å². The molecule has 2 rings (SSSR count). The van der Waals surface area contributed by atoms with Crippen molar-refractivity contribution in [3.8, 4) is 11.5 Å². The summed E-state index contributed by atoms with van der Waals surface area (Å²) in [6.07, 6.45) is 0.104. The van der Waals surface area contributed by atoms with Gasteiger partial charge < -0.3 is 26.4 Å². The molecule has 0 fully saturated rings. The van der Waals surface area contributed by atoms with Crippen LogP contribution in [0, 0.1) is 5.82 Å². The van der Waals surface area contributed by atoms with Crippen LogP contribution in [0.1, 0.15) is 11.1 Å². The summed E-state index contributed by atoms with van der Waals surface area (Å²) >= 11 is 0. The number of ether oxygens (including phenoxy) is 1. The molecule has 6 N–H and O–H groups in total. The Morgan fingerprint density at radius 3 is 2.15 bits per heavy atom. The lowest BCUT2D eigenvalue weighted by molar-refractivity contribution is -0.138. The third kappa shape index (κ3) is 5.27. The number of rotatable bonds is 7. The first-order valence-corrected chi connectivity index (χ1v) is 7.78. The van der Waals surface area contributed by atoms with Crippen LogP contribution in [0.2, 0.25) is 0 Å². The monoisotopic (exact) mass is 362 g/mol. The second kappa shape index (κ2) is 8.41. The summed E-state index contributed by atoms with van der Waals surface area (Å²) in [5.74, 6) is -3.03. The fourth-order valence-electron chi connectivity index (χ4n) is 2.25. The molecule has 0 heterocycles. The van der Waals surface area contributed by atoms with Crippen LogP contribution in [0.3, 0.4) is 0 Å². The second-order valence-corrected chi connectivity index (χ2v) is 5.81. The maximum Gasteiger partial charge on any atom is 0.328 e. The number of phenols is 1. The molecule has 0 radical (unpaired) electrons. The van der Waals surface area contributed by atoms with Gasteiger partial charge >= 0.3 is 11.9 Å². The van der Waals surface area contributed by atoms with Crippen molar-refractivity contribution in [3.63, 3.8) is 0 Å². The summed E-state index contributed by atoms with van der Waals surface area (Å²) in [6.45, 7) is 0. The van der Waals surface area contributed by atoms with Crippen LogP contribution in [0.25, 0.3) is 0 Å². The average molecular weight is 362 g/mol. The molecule has 2 aromatic rings. The minimum Gasteiger partial charge on any atom is -0.508 e. The highest BCUT2D eigenvalue weighted by atomic mass is 19.1. The van der Waals surface area contributed by atoms with Crippen LogP contribution >= 0.6 is 0 Å². The standard InChI is InChI=1S/C18H19FN2O5/c19-13-7-11(9-14(20)17(23)24)3-6-16(13)26-18(25)15(21)8-10-1-4-12(22)5-2-10/h1-7,14-15,22H,8-9,20-21H2,(H,23,24)/t14-,15-/m0/s1. The molecular formula is C18H19FN2O5. The Morgan fingerprint density at radius 2 is 1.58 bits per heavy atom. The number of hydrogen-bond acceptors (Lipinski definition) is 6. The molecule has 0 amide bonds.